The van der Waals surface area contributed by atoms with Gasteiger partial charge in [0, 0.05) is 12.1 Å². The molecule has 0 radical (unpaired) electrons. The molecule has 0 unspecified atom stereocenters. The van der Waals surface area contributed by atoms with E-state index >= 15 is 0 Å². The standard InChI is InChI=1S/C16H20F3N3O5/c1-3-4-10(2)21-14(23)9-27-15(24)8-20-12-6-5-11(16(17,18)19)7-13(12)22(25)26/h5-7,10,20H,3-4,8-9H2,1-2H3,(H,21,23)/t10-/m1/s1. The van der Waals surface area contributed by atoms with Crippen molar-refractivity contribution in [3.05, 3.63) is 33.9 Å². The van der Waals surface area contributed by atoms with Crippen LogP contribution in [0.5, 0.6) is 0 Å². The number of alkyl halides is 3. The summed E-state index contributed by atoms with van der Waals surface area (Å²) in [6.45, 7) is 2.68. The molecule has 0 aromatic heterocycles. The van der Waals surface area contributed by atoms with Crippen molar-refractivity contribution in [2.24, 2.45) is 0 Å². The van der Waals surface area contributed by atoms with Crippen LogP contribution in [0.4, 0.5) is 24.5 Å². The Morgan fingerprint density at radius 3 is 2.56 bits per heavy atom. The average Bonchev–Trinajstić information content (AvgIpc) is 2.57. The van der Waals surface area contributed by atoms with Gasteiger partial charge in [0.2, 0.25) is 0 Å². The third kappa shape index (κ3) is 7.50. The quantitative estimate of drug-likeness (QED) is 0.380. The van der Waals surface area contributed by atoms with Crippen LogP contribution in [-0.2, 0) is 20.5 Å². The highest BCUT2D eigenvalue weighted by atomic mass is 19.4. The fourth-order valence-corrected chi connectivity index (χ4v) is 2.19. The van der Waals surface area contributed by atoms with Crippen molar-refractivity contribution in [1.82, 2.24) is 5.32 Å². The summed E-state index contributed by atoms with van der Waals surface area (Å²) < 4.78 is 42.6. The maximum Gasteiger partial charge on any atom is 0.416 e. The van der Waals surface area contributed by atoms with E-state index in [0.29, 0.717) is 12.1 Å². The zero-order chi connectivity index (χ0) is 20.6. The second-order valence-electron chi connectivity index (χ2n) is 5.76. The number of ether oxygens (including phenoxy) is 1. The van der Waals surface area contributed by atoms with Gasteiger partial charge in [-0.05, 0) is 25.5 Å². The van der Waals surface area contributed by atoms with Crippen molar-refractivity contribution in [1.29, 1.82) is 0 Å². The summed E-state index contributed by atoms with van der Waals surface area (Å²) in [5, 5.41) is 15.9. The van der Waals surface area contributed by atoms with Crippen molar-refractivity contribution in [2.45, 2.75) is 38.9 Å². The number of nitrogens with zero attached hydrogens (tertiary/aromatic N) is 1. The molecule has 0 saturated carbocycles. The lowest BCUT2D eigenvalue weighted by molar-refractivity contribution is -0.384. The molecule has 11 heteroatoms. The van der Waals surface area contributed by atoms with Crippen LogP contribution in [0.1, 0.15) is 32.3 Å². The Balaban J connectivity index is 2.61. The molecule has 0 spiro atoms. The molecule has 0 aliphatic carbocycles. The summed E-state index contributed by atoms with van der Waals surface area (Å²) in [7, 11) is 0. The second kappa shape index (κ2) is 9.74. The number of rotatable bonds is 9. The van der Waals surface area contributed by atoms with E-state index in [1.807, 2.05) is 6.92 Å². The van der Waals surface area contributed by atoms with Gasteiger partial charge in [-0.2, -0.15) is 13.2 Å². The number of benzene rings is 1. The van der Waals surface area contributed by atoms with Crippen LogP contribution in [0, 0.1) is 10.1 Å². The number of nitro groups is 1. The zero-order valence-corrected chi connectivity index (χ0v) is 14.8. The largest absolute Gasteiger partial charge is 0.454 e. The van der Waals surface area contributed by atoms with Gasteiger partial charge < -0.3 is 15.4 Å². The maximum absolute atomic E-state index is 12.6. The molecule has 1 aromatic carbocycles. The van der Waals surface area contributed by atoms with E-state index < -0.39 is 47.4 Å². The zero-order valence-electron chi connectivity index (χ0n) is 14.8. The molecule has 150 valence electrons. The molecule has 8 nitrogen and oxygen atoms in total. The molecule has 0 saturated heterocycles. The first-order valence-electron chi connectivity index (χ1n) is 8.09. The number of hydrogen-bond acceptors (Lipinski definition) is 6. The number of nitrogens with one attached hydrogen (secondary N) is 2. The van der Waals surface area contributed by atoms with Gasteiger partial charge in [-0.3, -0.25) is 19.7 Å². The normalized spacial score (nSPS) is 12.2. The third-order valence-electron chi connectivity index (χ3n) is 3.44. The predicted molar refractivity (Wildman–Crippen MR) is 90.1 cm³/mol. The first-order chi connectivity index (χ1) is 12.5. The van der Waals surface area contributed by atoms with Crippen LogP contribution in [0.25, 0.3) is 0 Å². The SMILES string of the molecule is CCC[C@@H](C)NC(=O)COC(=O)CNc1ccc(C(F)(F)F)cc1[N+](=O)[O-]. The van der Waals surface area contributed by atoms with Crippen LogP contribution in [0.3, 0.4) is 0 Å². The van der Waals surface area contributed by atoms with Gasteiger partial charge in [-0.15, -0.1) is 0 Å². The Hall–Kier alpha value is -2.85. The number of hydrogen-bond donors (Lipinski definition) is 2. The Morgan fingerprint density at radius 1 is 1.33 bits per heavy atom. The molecule has 0 aliphatic rings. The molecule has 2 N–H and O–H groups in total. The average molecular weight is 391 g/mol. The maximum atomic E-state index is 12.6. The summed E-state index contributed by atoms with van der Waals surface area (Å²) in [6, 6.07) is 1.81. The Kier molecular flexibility index (Phi) is 8.00. The molecule has 1 atom stereocenters. The van der Waals surface area contributed by atoms with Gasteiger partial charge in [0.15, 0.2) is 6.61 Å². The monoisotopic (exact) mass is 391 g/mol. The summed E-state index contributed by atoms with van der Waals surface area (Å²) >= 11 is 0. The molecule has 0 bridgehead atoms. The van der Waals surface area contributed by atoms with Gasteiger partial charge >= 0.3 is 12.1 Å². The van der Waals surface area contributed by atoms with Gasteiger partial charge in [0.05, 0.1) is 10.5 Å². The molecule has 0 fully saturated rings. The number of anilines is 1. The lowest BCUT2D eigenvalue weighted by atomic mass is 10.1. The Bertz CT molecular complexity index is 694. The van der Waals surface area contributed by atoms with Gasteiger partial charge in [-0.1, -0.05) is 13.3 Å². The third-order valence-corrected chi connectivity index (χ3v) is 3.44. The molecule has 1 amide bonds. The molecule has 27 heavy (non-hydrogen) atoms. The predicted octanol–water partition coefficient (Wildman–Crippen LogP) is 2.87. The summed E-state index contributed by atoms with van der Waals surface area (Å²) in [4.78, 5) is 33.2. The Labute approximate surface area is 153 Å². The Morgan fingerprint density at radius 2 is 2.00 bits per heavy atom. The van der Waals surface area contributed by atoms with E-state index in [9.17, 15) is 32.9 Å². The van der Waals surface area contributed by atoms with Crippen molar-refractivity contribution in [3.8, 4) is 0 Å². The number of halogens is 3. The van der Waals surface area contributed by atoms with Crippen molar-refractivity contribution in [3.63, 3.8) is 0 Å². The number of carbonyl (C=O) groups is 2. The second-order valence-corrected chi connectivity index (χ2v) is 5.76. The summed E-state index contributed by atoms with van der Waals surface area (Å²) in [6.07, 6.45) is -3.10. The van der Waals surface area contributed by atoms with Crippen LogP contribution in [0.2, 0.25) is 0 Å². The highest BCUT2D eigenvalue weighted by Crippen LogP contribution is 2.34. The van der Waals surface area contributed by atoms with E-state index in [4.69, 9.17) is 4.74 Å². The minimum atomic E-state index is -4.73. The molecule has 0 heterocycles. The minimum absolute atomic E-state index is 0.0749. The number of carbonyl (C=O) groups excluding carboxylic acids is 2. The van der Waals surface area contributed by atoms with E-state index in [1.165, 1.54) is 0 Å². The van der Waals surface area contributed by atoms with Crippen molar-refractivity contribution in [2.75, 3.05) is 18.5 Å². The number of amides is 1. The van der Waals surface area contributed by atoms with E-state index in [0.717, 1.165) is 18.9 Å². The van der Waals surface area contributed by atoms with Gasteiger partial charge in [-0.25, -0.2) is 0 Å². The smallest absolute Gasteiger partial charge is 0.416 e. The van der Waals surface area contributed by atoms with Crippen molar-refractivity contribution < 1.29 is 32.4 Å². The molecule has 1 rings (SSSR count). The van der Waals surface area contributed by atoms with E-state index in [1.54, 1.807) is 6.92 Å². The fraction of sp³-hybridized carbons (Fsp3) is 0.500. The van der Waals surface area contributed by atoms with Crippen LogP contribution in [0.15, 0.2) is 18.2 Å². The van der Waals surface area contributed by atoms with Gasteiger partial charge in [0.25, 0.3) is 11.6 Å². The van der Waals surface area contributed by atoms with Gasteiger partial charge in [0.1, 0.15) is 12.2 Å². The lowest BCUT2D eigenvalue weighted by Gasteiger charge is -2.13. The molecule has 1 aromatic rings. The highest BCUT2D eigenvalue weighted by molar-refractivity contribution is 5.82. The summed E-state index contributed by atoms with van der Waals surface area (Å²) in [5.41, 5.74) is -2.28. The van der Waals surface area contributed by atoms with Crippen LogP contribution < -0.4 is 10.6 Å². The van der Waals surface area contributed by atoms with Crippen molar-refractivity contribution >= 4 is 23.3 Å². The first-order valence-corrected chi connectivity index (χ1v) is 8.09. The van der Waals surface area contributed by atoms with E-state index in [-0.39, 0.29) is 11.7 Å². The highest BCUT2D eigenvalue weighted by Gasteiger charge is 2.33. The van der Waals surface area contributed by atoms with E-state index in [2.05, 4.69) is 10.6 Å². The minimum Gasteiger partial charge on any atom is -0.454 e. The number of esters is 1. The number of nitro benzene ring substituents is 1. The molecular weight excluding hydrogens is 371 g/mol. The topological polar surface area (TPSA) is 111 Å². The van der Waals surface area contributed by atoms with Crippen LogP contribution in [-0.4, -0.2) is 36.0 Å². The van der Waals surface area contributed by atoms with Crippen LogP contribution >= 0.6 is 0 Å². The summed E-state index contributed by atoms with van der Waals surface area (Å²) in [5.74, 6) is -1.38. The fourth-order valence-electron chi connectivity index (χ4n) is 2.19. The lowest BCUT2D eigenvalue weighted by Crippen LogP contribution is -2.36. The first kappa shape index (κ1) is 22.2. The molecular formula is C16H20F3N3O5. The molecule has 0 aliphatic heterocycles.